The first-order valence-corrected chi connectivity index (χ1v) is 9.84. The molecule has 1 aliphatic heterocycles. The summed E-state index contributed by atoms with van der Waals surface area (Å²) in [5.41, 5.74) is 6.78. The molecule has 0 bridgehead atoms. The number of hydrogen-bond acceptors (Lipinski definition) is 4. The Bertz CT molecular complexity index is 933. The van der Waals surface area contributed by atoms with Gasteiger partial charge in [-0.05, 0) is 76.8 Å². The fourth-order valence-corrected chi connectivity index (χ4v) is 3.59. The van der Waals surface area contributed by atoms with Crippen LogP contribution in [0.1, 0.15) is 58.2 Å². The number of nitrogens with one attached hydrogen (secondary N) is 2. The molecule has 6 nitrogen and oxygen atoms in total. The first kappa shape index (κ1) is 21.1. The van der Waals surface area contributed by atoms with Crippen LogP contribution in [0.4, 0.5) is 0 Å². The minimum absolute atomic E-state index is 0.266. The number of fused-ring (bicyclic) bond motifs is 1. The van der Waals surface area contributed by atoms with E-state index in [1.54, 1.807) is 12.1 Å². The van der Waals surface area contributed by atoms with Crippen LogP contribution in [0.15, 0.2) is 36.4 Å². The van der Waals surface area contributed by atoms with Crippen molar-refractivity contribution in [1.82, 2.24) is 15.7 Å². The lowest BCUT2D eigenvalue weighted by Gasteiger charge is -2.35. The maximum atomic E-state index is 13.2. The van der Waals surface area contributed by atoms with E-state index in [1.807, 2.05) is 58.9 Å². The summed E-state index contributed by atoms with van der Waals surface area (Å²) >= 11 is 0. The molecule has 0 spiro atoms. The summed E-state index contributed by atoms with van der Waals surface area (Å²) in [5.74, 6) is -0.657. The standard InChI is InChI=1S/C22H28BN3O3/c1-14-10-15(2)12-18(11-14)21(28)26(22(3,4)5)25-20(27)17-7-6-16-8-9-24-23(29)19(16)13-17/h6-7,10-13,24,29H,8-9H2,1-5H3,(H,25,27). The predicted octanol–water partition coefficient (Wildman–Crippen LogP) is 1.72. The molecule has 0 aromatic heterocycles. The van der Waals surface area contributed by atoms with E-state index in [0.29, 0.717) is 23.1 Å². The third-order valence-corrected chi connectivity index (χ3v) is 4.99. The molecule has 7 heteroatoms. The van der Waals surface area contributed by atoms with Crippen LogP contribution < -0.4 is 16.1 Å². The number of rotatable bonds is 2. The summed E-state index contributed by atoms with van der Waals surface area (Å²) in [4.78, 5) is 26.2. The Morgan fingerprint density at radius 2 is 1.72 bits per heavy atom. The molecule has 0 aliphatic carbocycles. The molecule has 152 valence electrons. The zero-order chi connectivity index (χ0) is 21.3. The van der Waals surface area contributed by atoms with Crippen molar-refractivity contribution in [3.8, 4) is 0 Å². The molecular weight excluding hydrogens is 365 g/mol. The van der Waals surface area contributed by atoms with Gasteiger partial charge >= 0.3 is 7.05 Å². The second-order valence-corrected chi connectivity index (χ2v) is 8.65. The van der Waals surface area contributed by atoms with E-state index in [0.717, 1.165) is 23.1 Å². The number of nitrogens with zero attached hydrogens (tertiary/aromatic N) is 1. The number of carbonyl (C=O) groups is 2. The quantitative estimate of drug-likeness (QED) is 0.536. The van der Waals surface area contributed by atoms with Crippen LogP contribution in [0.2, 0.25) is 0 Å². The summed E-state index contributed by atoms with van der Waals surface area (Å²) in [5, 5.41) is 14.5. The predicted molar refractivity (Wildman–Crippen MR) is 115 cm³/mol. The van der Waals surface area contributed by atoms with Crippen molar-refractivity contribution in [3.05, 3.63) is 64.2 Å². The summed E-state index contributed by atoms with van der Waals surface area (Å²) in [6.07, 6.45) is 0.799. The van der Waals surface area contributed by atoms with Crippen molar-refractivity contribution in [2.75, 3.05) is 6.54 Å². The average molecular weight is 393 g/mol. The number of hydrazine groups is 1. The van der Waals surface area contributed by atoms with Gasteiger partial charge in [0.2, 0.25) is 0 Å². The Kier molecular flexibility index (Phi) is 5.82. The van der Waals surface area contributed by atoms with Gasteiger partial charge in [-0.25, -0.2) is 5.01 Å². The first-order chi connectivity index (χ1) is 13.6. The molecule has 1 heterocycles. The van der Waals surface area contributed by atoms with Gasteiger partial charge in [0.25, 0.3) is 11.8 Å². The average Bonchev–Trinajstić information content (AvgIpc) is 2.63. The third-order valence-electron chi connectivity index (χ3n) is 4.99. The van der Waals surface area contributed by atoms with Gasteiger partial charge in [-0.2, -0.15) is 0 Å². The number of benzene rings is 2. The van der Waals surface area contributed by atoms with Crippen molar-refractivity contribution in [2.24, 2.45) is 0 Å². The molecule has 29 heavy (non-hydrogen) atoms. The van der Waals surface area contributed by atoms with Gasteiger partial charge in [0.15, 0.2) is 0 Å². The van der Waals surface area contributed by atoms with Crippen molar-refractivity contribution < 1.29 is 14.6 Å². The SMILES string of the molecule is Cc1cc(C)cc(C(=O)N(NC(=O)c2ccc3c(c2)B(O)NCC3)C(C)(C)C)c1. The van der Waals surface area contributed by atoms with Crippen LogP contribution in [0.3, 0.4) is 0 Å². The maximum absolute atomic E-state index is 13.2. The molecule has 2 amide bonds. The lowest BCUT2D eigenvalue weighted by atomic mass is 9.68. The van der Waals surface area contributed by atoms with Crippen LogP contribution in [-0.4, -0.2) is 41.0 Å². The molecule has 3 rings (SSSR count). The van der Waals surface area contributed by atoms with Gasteiger partial charge in [0.05, 0.1) is 5.54 Å². The monoisotopic (exact) mass is 393 g/mol. The minimum atomic E-state index is -0.790. The molecule has 0 saturated heterocycles. The smallest absolute Gasteiger partial charge is 0.413 e. The van der Waals surface area contributed by atoms with Crippen molar-refractivity contribution >= 4 is 24.3 Å². The van der Waals surface area contributed by atoms with Crippen LogP contribution in [-0.2, 0) is 6.42 Å². The second-order valence-electron chi connectivity index (χ2n) is 8.65. The Morgan fingerprint density at radius 3 is 2.34 bits per heavy atom. The van der Waals surface area contributed by atoms with Crippen LogP contribution in [0.5, 0.6) is 0 Å². The molecule has 0 radical (unpaired) electrons. The molecule has 2 aromatic carbocycles. The highest BCUT2D eigenvalue weighted by molar-refractivity contribution is 6.64. The highest BCUT2D eigenvalue weighted by atomic mass is 16.2. The van der Waals surface area contributed by atoms with E-state index in [2.05, 4.69) is 10.7 Å². The fourth-order valence-electron chi connectivity index (χ4n) is 3.59. The lowest BCUT2D eigenvalue weighted by molar-refractivity contribution is 0.0358. The van der Waals surface area contributed by atoms with Crippen molar-refractivity contribution in [3.63, 3.8) is 0 Å². The first-order valence-electron chi connectivity index (χ1n) is 9.84. The van der Waals surface area contributed by atoms with Gasteiger partial charge < -0.3 is 10.3 Å². The Hall–Kier alpha value is -2.64. The Morgan fingerprint density at radius 1 is 1.07 bits per heavy atom. The zero-order valence-corrected chi connectivity index (χ0v) is 17.7. The molecular formula is C22H28BN3O3. The number of amides is 2. The van der Waals surface area contributed by atoms with Gasteiger partial charge in [-0.1, -0.05) is 29.3 Å². The van der Waals surface area contributed by atoms with E-state index in [1.165, 1.54) is 5.01 Å². The van der Waals surface area contributed by atoms with Crippen molar-refractivity contribution in [2.45, 2.75) is 46.6 Å². The van der Waals surface area contributed by atoms with E-state index in [9.17, 15) is 14.6 Å². The van der Waals surface area contributed by atoms with Gasteiger partial charge in [-0.15, -0.1) is 0 Å². The third kappa shape index (κ3) is 4.69. The topological polar surface area (TPSA) is 81.7 Å². The molecule has 3 N–H and O–H groups in total. The number of carbonyl (C=O) groups excluding carboxylic acids is 2. The van der Waals surface area contributed by atoms with Gasteiger partial charge in [-0.3, -0.25) is 15.0 Å². The van der Waals surface area contributed by atoms with E-state index in [-0.39, 0.29) is 5.91 Å². The lowest BCUT2D eigenvalue weighted by Crippen LogP contribution is -2.56. The van der Waals surface area contributed by atoms with Gasteiger partial charge in [0.1, 0.15) is 0 Å². The van der Waals surface area contributed by atoms with Crippen LogP contribution in [0.25, 0.3) is 0 Å². The van der Waals surface area contributed by atoms with E-state index < -0.39 is 18.5 Å². The normalized spacial score (nSPS) is 13.7. The molecule has 2 aromatic rings. The highest BCUT2D eigenvalue weighted by Gasteiger charge is 2.30. The molecule has 0 saturated carbocycles. The minimum Gasteiger partial charge on any atom is -0.433 e. The molecule has 1 aliphatic rings. The largest absolute Gasteiger partial charge is 0.433 e. The number of hydrogen-bond donors (Lipinski definition) is 3. The van der Waals surface area contributed by atoms with Gasteiger partial charge in [0, 0.05) is 11.1 Å². The van der Waals surface area contributed by atoms with E-state index in [4.69, 9.17) is 0 Å². The molecule has 0 fully saturated rings. The van der Waals surface area contributed by atoms with Crippen molar-refractivity contribution in [1.29, 1.82) is 0 Å². The molecule has 0 atom stereocenters. The Balaban J connectivity index is 1.88. The second kappa shape index (κ2) is 8.01. The van der Waals surface area contributed by atoms with Crippen LogP contribution >= 0.6 is 0 Å². The molecule has 0 unspecified atom stereocenters. The summed E-state index contributed by atoms with van der Waals surface area (Å²) in [6, 6.07) is 10.9. The summed E-state index contributed by atoms with van der Waals surface area (Å²) < 4.78 is 0. The summed E-state index contributed by atoms with van der Waals surface area (Å²) in [6.45, 7) is 10.2. The van der Waals surface area contributed by atoms with Crippen LogP contribution in [0, 0.1) is 13.8 Å². The number of aryl methyl sites for hydroxylation is 2. The fraction of sp³-hybridized carbons (Fsp3) is 0.364. The Labute approximate surface area is 172 Å². The van der Waals surface area contributed by atoms with E-state index >= 15 is 0 Å². The maximum Gasteiger partial charge on any atom is 0.413 e. The zero-order valence-electron chi connectivity index (χ0n) is 17.7. The highest BCUT2D eigenvalue weighted by Crippen LogP contribution is 2.18. The summed E-state index contributed by atoms with van der Waals surface area (Å²) in [7, 11) is -0.790.